The molecule has 28 heavy (non-hydrogen) atoms. The Bertz CT molecular complexity index is 631. The number of hydrogen-bond acceptors (Lipinski definition) is 8. The third-order valence-corrected chi connectivity index (χ3v) is 4.08. The van der Waals surface area contributed by atoms with Crippen LogP contribution in [-0.4, -0.2) is 77.2 Å². The molecule has 10 heteroatoms. The van der Waals surface area contributed by atoms with Gasteiger partial charge in [-0.1, -0.05) is 30.4 Å². The molecular formula is C18H30O9S. The zero-order valence-corrected chi connectivity index (χ0v) is 17.4. The first-order chi connectivity index (χ1) is 13.1. The SMILES string of the molecule is C=CCO[C@@H]1[C@H](OS(=O)(=O)O)[C@@H](OC)O[C@H](COCC(=C)C)[C@H]1OCC(=C)C. The van der Waals surface area contributed by atoms with Crippen LogP contribution in [-0.2, 0) is 38.3 Å². The Balaban J connectivity index is 3.15. The van der Waals surface area contributed by atoms with E-state index in [2.05, 4.69) is 19.7 Å². The van der Waals surface area contributed by atoms with Crippen molar-refractivity contribution in [3.63, 3.8) is 0 Å². The Labute approximate surface area is 166 Å². The molecule has 0 bridgehead atoms. The molecule has 0 spiro atoms. The van der Waals surface area contributed by atoms with Gasteiger partial charge in [-0.05, 0) is 13.8 Å². The lowest BCUT2D eigenvalue weighted by Crippen LogP contribution is -2.62. The van der Waals surface area contributed by atoms with E-state index in [0.717, 1.165) is 11.1 Å². The summed E-state index contributed by atoms with van der Waals surface area (Å²) in [5.74, 6) is 0. The van der Waals surface area contributed by atoms with Gasteiger partial charge >= 0.3 is 10.4 Å². The smallest absolute Gasteiger partial charge is 0.374 e. The van der Waals surface area contributed by atoms with Gasteiger partial charge in [-0.3, -0.25) is 4.55 Å². The minimum absolute atomic E-state index is 0.0821. The van der Waals surface area contributed by atoms with E-state index in [9.17, 15) is 13.0 Å². The van der Waals surface area contributed by atoms with Crippen LogP contribution >= 0.6 is 0 Å². The van der Waals surface area contributed by atoms with E-state index >= 15 is 0 Å². The zero-order valence-electron chi connectivity index (χ0n) is 16.5. The molecule has 1 N–H and O–H groups in total. The molecule has 1 rings (SSSR count). The second kappa shape index (κ2) is 11.8. The first-order valence-electron chi connectivity index (χ1n) is 8.63. The van der Waals surface area contributed by atoms with E-state index in [-0.39, 0.29) is 19.8 Å². The molecule has 1 aliphatic heterocycles. The standard InChI is InChI=1S/C18H30O9S/c1-7-8-24-16-15(25-10-13(4)5)14(11-23-9-12(2)3)26-18(22-6)17(16)27-28(19,20)21/h7,14-18H,1-2,4,8-11H2,3,5-6H3,(H,19,20,21)/t14-,15-,16+,17+,18+/m1/s1. The maximum atomic E-state index is 11.3. The van der Waals surface area contributed by atoms with Crippen LogP contribution < -0.4 is 0 Å². The third-order valence-electron chi connectivity index (χ3n) is 3.62. The molecule has 9 nitrogen and oxygen atoms in total. The van der Waals surface area contributed by atoms with Gasteiger partial charge in [0.2, 0.25) is 0 Å². The van der Waals surface area contributed by atoms with Gasteiger partial charge in [-0.2, -0.15) is 8.42 Å². The van der Waals surface area contributed by atoms with Crippen LogP contribution in [0, 0.1) is 0 Å². The highest BCUT2D eigenvalue weighted by Gasteiger charge is 2.50. The van der Waals surface area contributed by atoms with Gasteiger partial charge in [0.15, 0.2) is 12.4 Å². The quantitative estimate of drug-likeness (QED) is 0.350. The summed E-state index contributed by atoms with van der Waals surface area (Å²) >= 11 is 0. The predicted molar refractivity (Wildman–Crippen MR) is 102 cm³/mol. The number of ether oxygens (including phenoxy) is 5. The van der Waals surface area contributed by atoms with E-state index < -0.39 is 41.1 Å². The topological polar surface area (TPSA) is 110 Å². The molecule has 1 heterocycles. The molecule has 0 radical (unpaired) electrons. The minimum atomic E-state index is -4.81. The van der Waals surface area contributed by atoms with Crippen LogP contribution in [0.4, 0.5) is 0 Å². The largest absolute Gasteiger partial charge is 0.397 e. The van der Waals surface area contributed by atoms with Crippen molar-refractivity contribution in [2.24, 2.45) is 0 Å². The second-order valence-electron chi connectivity index (χ2n) is 6.56. The van der Waals surface area contributed by atoms with Gasteiger partial charge in [0.1, 0.15) is 18.3 Å². The van der Waals surface area contributed by atoms with Crippen LogP contribution in [0.3, 0.4) is 0 Å². The van der Waals surface area contributed by atoms with Crippen molar-refractivity contribution in [2.45, 2.75) is 44.6 Å². The fourth-order valence-electron chi connectivity index (χ4n) is 2.60. The molecule has 0 aliphatic carbocycles. The molecule has 0 aromatic heterocycles. The predicted octanol–water partition coefficient (Wildman–Crippen LogP) is 1.67. The highest BCUT2D eigenvalue weighted by Crippen LogP contribution is 2.30. The number of rotatable bonds is 13. The van der Waals surface area contributed by atoms with Crippen molar-refractivity contribution in [1.82, 2.24) is 0 Å². The van der Waals surface area contributed by atoms with Gasteiger partial charge in [-0.15, -0.1) is 6.58 Å². The van der Waals surface area contributed by atoms with Gasteiger partial charge in [0.05, 0.1) is 26.4 Å². The maximum absolute atomic E-state index is 11.3. The van der Waals surface area contributed by atoms with Crippen molar-refractivity contribution < 1.29 is 40.8 Å². The molecule has 1 saturated heterocycles. The molecule has 1 aliphatic rings. The molecule has 162 valence electrons. The van der Waals surface area contributed by atoms with Crippen LogP contribution in [0.25, 0.3) is 0 Å². The first-order valence-corrected chi connectivity index (χ1v) is 10.00. The molecule has 0 unspecified atom stereocenters. The Kier molecular flexibility index (Phi) is 10.5. The van der Waals surface area contributed by atoms with Crippen LogP contribution in [0.15, 0.2) is 37.0 Å². The molecule has 0 aromatic rings. The summed E-state index contributed by atoms with van der Waals surface area (Å²) in [6.07, 6.45) is -3.40. The fourth-order valence-corrected chi connectivity index (χ4v) is 3.08. The number of methoxy groups -OCH3 is 1. The van der Waals surface area contributed by atoms with E-state index in [1.165, 1.54) is 13.2 Å². The Morgan fingerprint density at radius 2 is 1.75 bits per heavy atom. The minimum Gasteiger partial charge on any atom is -0.374 e. The normalized spacial score (nSPS) is 28.1. The molecular weight excluding hydrogens is 392 g/mol. The van der Waals surface area contributed by atoms with Gasteiger partial charge in [0.25, 0.3) is 0 Å². The summed E-state index contributed by atoms with van der Waals surface area (Å²) < 4.78 is 64.8. The second-order valence-corrected chi connectivity index (χ2v) is 7.61. The fraction of sp³-hybridized carbons (Fsp3) is 0.667. The van der Waals surface area contributed by atoms with Crippen molar-refractivity contribution in [1.29, 1.82) is 0 Å². The summed E-state index contributed by atoms with van der Waals surface area (Å²) in [4.78, 5) is 0. The summed E-state index contributed by atoms with van der Waals surface area (Å²) in [5.41, 5.74) is 1.57. The van der Waals surface area contributed by atoms with Gasteiger partial charge in [-0.25, -0.2) is 4.18 Å². The van der Waals surface area contributed by atoms with Crippen LogP contribution in [0.1, 0.15) is 13.8 Å². The molecule has 0 amide bonds. The maximum Gasteiger partial charge on any atom is 0.397 e. The van der Waals surface area contributed by atoms with Crippen LogP contribution in [0.2, 0.25) is 0 Å². The van der Waals surface area contributed by atoms with Crippen molar-refractivity contribution in [3.05, 3.63) is 37.0 Å². The van der Waals surface area contributed by atoms with Crippen molar-refractivity contribution >= 4 is 10.4 Å². The van der Waals surface area contributed by atoms with Crippen LogP contribution in [0.5, 0.6) is 0 Å². The summed E-state index contributed by atoms with van der Waals surface area (Å²) in [6.45, 7) is 15.4. The molecule has 1 fully saturated rings. The highest BCUT2D eigenvalue weighted by molar-refractivity contribution is 7.80. The van der Waals surface area contributed by atoms with E-state index in [4.69, 9.17) is 27.9 Å². The van der Waals surface area contributed by atoms with Crippen molar-refractivity contribution in [3.8, 4) is 0 Å². The number of hydrogen-bond donors (Lipinski definition) is 1. The average molecular weight is 422 g/mol. The molecule has 0 aromatic carbocycles. The highest BCUT2D eigenvalue weighted by atomic mass is 32.3. The lowest BCUT2D eigenvalue weighted by molar-refractivity contribution is -0.302. The van der Waals surface area contributed by atoms with Gasteiger partial charge in [0, 0.05) is 7.11 Å². The van der Waals surface area contributed by atoms with Gasteiger partial charge < -0.3 is 23.7 Å². The molecule has 5 atom stereocenters. The lowest BCUT2D eigenvalue weighted by atomic mass is 9.98. The zero-order chi connectivity index (χ0) is 21.3. The summed E-state index contributed by atoms with van der Waals surface area (Å²) in [5, 5.41) is 0. The third kappa shape index (κ3) is 8.50. The van der Waals surface area contributed by atoms with E-state index in [0.29, 0.717) is 6.61 Å². The summed E-state index contributed by atoms with van der Waals surface area (Å²) in [7, 11) is -3.49. The summed E-state index contributed by atoms with van der Waals surface area (Å²) in [6, 6.07) is 0. The van der Waals surface area contributed by atoms with Crippen molar-refractivity contribution in [2.75, 3.05) is 33.5 Å². The first kappa shape index (κ1) is 24.9. The Morgan fingerprint density at radius 1 is 1.11 bits per heavy atom. The Morgan fingerprint density at radius 3 is 2.25 bits per heavy atom. The van der Waals surface area contributed by atoms with E-state index in [1.54, 1.807) is 6.92 Å². The monoisotopic (exact) mass is 422 g/mol. The Hall–Kier alpha value is -1.11. The lowest BCUT2D eigenvalue weighted by Gasteiger charge is -2.44. The van der Waals surface area contributed by atoms with E-state index in [1.807, 2.05) is 6.92 Å². The average Bonchev–Trinajstić information content (AvgIpc) is 2.58. The molecule has 0 saturated carbocycles.